The summed E-state index contributed by atoms with van der Waals surface area (Å²) in [6.45, 7) is 0. The smallest absolute Gasteiger partial charge is 0.232 e. The van der Waals surface area contributed by atoms with Crippen molar-refractivity contribution in [2.75, 3.05) is 5.32 Å². The quantitative estimate of drug-likeness (QED) is 0.783. The highest BCUT2D eigenvalue weighted by Gasteiger charge is 2.31. The van der Waals surface area contributed by atoms with Crippen molar-refractivity contribution < 1.29 is 4.79 Å². The highest BCUT2D eigenvalue weighted by molar-refractivity contribution is 9.10. The maximum absolute atomic E-state index is 12.9. The van der Waals surface area contributed by atoms with Crippen LogP contribution in [0.15, 0.2) is 59.1 Å². The Kier molecular flexibility index (Phi) is 4.94. The zero-order valence-electron chi connectivity index (χ0n) is 12.5. The number of nitrogens with one attached hydrogen (secondary N) is 1. The number of benzene rings is 2. The van der Waals surface area contributed by atoms with Gasteiger partial charge in [-0.05, 0) is 48.6 Å². The van der Waals surface area contributed by atoms with Gasteiger partial charge in [-0.15, -0.1) is 0 Å². The van der Waals surface area contributed by atoms with Gasteiger partial charge in [-0.3, -0.25) is 4.79 Å². The number of rotatable bonds is 4. The van der Waals surface area contributed by atoms with E-state index >= 15 is 0 Å². The van der Waals surface area contributed by atoms with Crippen LogP contribution in [0.2, 0.25) is 0 Å². The lowest BCUT2D eigenvalue weighted by Crippen LogP contribution is -2.26. The molecule has 0 aliphatic heterocycles. The van der Waals surface area contributed by atoms with Gasteiger partial charge in [0.15, 0.2) is 0 Å². The van der Waals surface area contributed by atoms with E-state index in [1.54, 1.807) is 0 Å². The maximum Gasteiger partial charge on any atom is 0.232 e. The fourth-order valence-corrected chi connectivity index (χ4v) is 3.61. The topological polar surface area (TPSA) is 29.1 Å². The number of halogens is 1. The number of anilines is 1. The molecule has 1 amide bonds. The van der Waals surface area contributed by atoms with Gasteiger partial charge in [-0.2, -0.15) is 0 Å². The van der Waals surface area contributed by atoms with E-state index in [2.05, 4.69) is 33.4 Å². The normalized spacial score (nSPS) is 16.4. The van der Waals surface area contributed by atoms with Gasteiger partial charge in [-0.1, -0.05) is 59.1 Å². The Morgan fingerprint density at radius 2 is 1.64 bits per heavy atom. The molecular formula is C19H20BrNO. The van der Waals surface area contributed by atoms with Gasteiger partial charge in [0.05, 0.1) is 5.92 Å². The summed E-state index contributed by atoms with van der Waals surface area (Å²) in [5, 5.41) is 3.08. The largest absolute Gasteiger partial charge is 0.326 e. The summed E-state index contributed by atoms with van der Waals surface area (Å²) in [4.78, 5) is 12.9. The van der Waals surface area contributed by atoms with E-state index in [1.807, 2.05) is 42.5 Å². The molecule has 0 aromatic heterocycles. The molecule has 3 rings (SSSR count). The molecule has 1 aliphatic rings. The number of carbonyl (C=O) groups is 1. The summed E-state index contributed by atoms with van der Waals surface area (Å²) in [6, 6.07) is 17.9. The van der Waals surface area contributed by atoms with E-state index in [4.69, 9.17) is 0 Å². The zero-order chi connectivity index (χ0) is 15.4. The van der Waals surface area contributed by atoms with E-state index in [-0.39, 0.29) is 11.8 Å². The Morgan fingerprint density at radius 1 is 1.00 bits per heavy atom. The third-order valence-electron chi connectivity index (χ3n) is 4.42. The highest BCUT2D eigenvalue weighted by Crippen LogP contribution is 2.38. The first-order valence-corrected chi connectivity index (χ1v) is 8.65. The standard InChI is InChI=1S/C19H20BrNO/c20-16-10-12-17(13-11-16)21-19(22)18(15-8-4-5-9-15)14-6-2-1-3-7-14/h1-3,6-7,10-13,15,18H,4-5,8-9H2,(H,21,22). The van der Waals surface area contributed by atoms with Crippen molar-refractivity contribution >= 4 is 27.5 Å². The minimum Gasteiger partial charge on any atom is -0.326 e. The van der Waals surface area contributed by atoms with Crippen LogP contribution in [0, 0.1) is 5.92 Å². The molecule has 1 unspecified atom stereocenters. The third-order valence-corrected chi connectivity index (χ3v) is 4.95. The van der Waals surface area contributed by atoms with Crippen molar-refractivity contribution in [1.29, 1.82) is 0 Å². The summed E-state index contributed by atoms with van der Waals surface area (Å²) < 4.78 is 1.01. The Hall–Kier alpha value is -1.61. The number of hydrogen-bond acceptors (Lipinski definition) is 1. The van der Waals surface area contributed by atoms with Crippen molar-refractivity contribution in [3.63, 3.8) is 0 Å². The Bertz CT molecular complexity index is 618. The van der Waals surface area contributed by atoms with Gasteiger partial charge >= 0.3 is 0 Å². The lowest BCUT2D eigenvalue weighted by molar-refractivity contribution is -0.118. The predicted molar refractivity (Wildman–Crippen MR) is 93.9 cm³/mol. The maximum atomic E-state index is 12.9. The molecule has 1 saturated carbocycles. The van der Waals surface area contributed by atoms with Crippen LogP contribution in [-0.4, -0.2) is 5.91 Å². The average molecular weight is 358 g/mol. The summed E-state index contributed by atoms with van der Waals surface area (Å²) in [6.07, 6.45) is 4.76. The third kappa shape index (κ3) is 3.58. The van der Waals surface area contributed by atoms with E-state index in [1.165, 1.54) is 12.8 Å². The van der Waals surface area contributed by atoms with Gasteiger partial charge in [0.2, 0.25) is 5.91 Å². The second kappa shape index (κ2) is 7.10. The SMILES string of the molecule is O=C(Nc1ccc(Br)cc1)C(c1ccccc1)C1CCCC1. The molecule has 1 aliphatic carbocycles. The lowest BCUT2D eigenvalue weighted by atomic mass is 9.84. The fraction of sp³-hybridized carbons (Fsp3) is 0.316. The lowest BCUT2D eigenvalue weighted by Gasteiger charge is -2.23. The first kappa shape index (κ1) is 15.3. The average Bonchev–Trinajstić information content (AvgIpc) is 3.05. The first-order valence-electron chi connectivity index (χ1n) is 7.85. The molecule has 0 saturated heterocycles. The van der Waals surface area contributed by atoms with Crippen LogP contribution in [0.5, 0.6) is 0 Å². The van der Waals surface area contributed by atoms with E-state index in [9.17, 15) is 4.79 Å². The minimum atomic E-state index is -0.0488. The van der Waals surface area contributed by atoms with E-state index in [0.717, 1.165) is 28.6 Å². The van der Waals surface area contributed by atoms with E-state index in [0.29, 0.717) is 5.92 Å². The molecular weight excluding hydrogens is 338 g/mol. The molecule has 114 valence electrons. The van der Waals surface area contributed by atoms with Crippen molar-refractivity contribution in [1.82, 2.24) is 0 Å². The van der Waals surface area contributed by atoms with E-state index < -0.39 is 0 Å². The van der Waals surface area contributed by atoms with Crippen LogP contribution in [0.1, 0.15) is 37.2 Å². The Balaban J connectivity index is 1.82. The van der Waals surface area contributed by atoms with Crippen LogP contribution in [0.3, 0.4) is 0 Å². The van der Waals surface area contributed by atoms with Crippen molar-refractivity contribution in [3.8, 4) is 0 Å². The summed E-state index contributed by atoms with van der Waals surface area (Å²) in [7, 11) is 0. The molecule has 1 atom stereocenters. The monoisotopic (exact) mass is 357 g/mol. The van der Waals surface area contributed by atoms with Crippen LogP contribution in [0.25, 0.3) is 0 Å². The summed E-state index contributed by atoms with van der Waals surface area (Å²) >= 11 is 3.42. The van der Waals surface area contributed by atoms with Crippen LogP contribution in [-0.2, 0) is 4.79 Å². The highest BCUT2D eigenvalue weighted by atomic mass is 79.9. The molecule has 0 radical (unpaired) electrons. The number of carbonyl (C=O) groups excluding carboxylic acids is 1. The van der Waals surface area contributed by atoms with Crippen LogP contribution < -0.4 is 5.32 Å². The summed E-state index contributed by atoms with van der Waals surface area (Å²) in [5.74, 6) is 0.519. The minimum absolute atomic E-state index is 0.0488. The second-order valence-electron chi connectivity index (χ2n) is 5.93. The predicted octanol–water partition coefficient (Wildman–Crippen LogP) is 5.36. The molecule has 2 nitrogen and oxygen atoms in total. The van der Waals surface area contributed by atoms with Crippen molar-refractivity contribution in [2.45, 2.75) is 31.6 Å². The van der Waals surface area contributed by atoms with Gasteiger partial charge in [0, 0.05) is 10.2 Å². The fourth-order valence-electron chi connectivity index (χ4n) is 3.34. The van der Waals surface area contributed by atoms with Gasteiger partial charge in [-0.25, -0.2) is 0 Å². The van der Waals surface area contributed by atoms with Gasteiger partial charge in [0.1, 0.15) is 0 Å². The molecule has 2 aromatic rings. The Morgan fingerprint density at radius 3 is 2.27 bits per heavy atom. The molecule has 1 N–H and O–H groups in total. The molecule has 0 spiro atoms. The van der Waals surface area contributed by atoms with Crippen molar-refractivity contribution in [3.05, 3.63) is 64.6 Å². The molecule has 0 bridgehead atoms. The van der Waals surface area contributed by atoms with Gasteiger partial charge in [0.25, 0.3) is 0 Å². The number of amides is 1. The molecule has 22 heavy (non-hydrogen) atoms. The van der Waals surface area contributed by atoms with Gasteiger partial charge < -0.3 is 5.32 Å². The Labute approximate surface area is 140 Å². The van der Waals surface area contributed by atoms with Crippen LogP contribution >= 0.6 is 15.9 Å². The van der Waals surface area contributed by atoms with Crippen molar-refractivity contribution in [2.24, 2.45) is 5.92 Å². The first-order chi connectivity index (χ1) is 10.7. The zero-order valence-corrected chi connectivity index (χ0v) is 14.1. The van der Waals surface area contributed by atoms with Crippen LogP contribution in [0.4, 0.5) is 5.69 Å². The molecule has 2 aromatic carbocycles. The summed E-state index contributed by atoms with van der Waals surface area (Å²) in [5.41, 5.74) is 1.98. The molecule has 0 heterocycles. The molecule has 3 heteroatoms. The molecule has 1 fully saturated rings. The second-order valence-corrected chi connectivity index (χ2v) is 6.84. The number of hydrogen-bond donors (Lipinski definition) is 1.